The van der Waals surface area contributed by atoms with E-state index in [1.807, 2.05) is 37.3 Å². The lowest BCUT2D eigenvalue weighted by Gasteiger charge is -2.28. The molecule has 0 saturated carbocycles. The highest BCUT2D eigenvalue weighted by Gasteiger charge is 2.20. The summed E-state index contributed by atoms with van der Waals surface area (Å²) in [5.74, 6) is -0.0198. The number of benzene rings is 1. The van der Waals surface area contributed by atoms with Crippen molar-refractivity contribution in [1.29, 1.82) is 0 Å². The second kappa shape index (κ2) is 8.15. The van der Waals surface area contributed by atoms with Crippen LogP contribution in [-0.2, 0) is 4.79 Å². The van der Waals surface area contributed by atoms with Crippen LogP contribution in [0, 0.1) is 5.41 Å². The highest BCUT2D eigenvalue weighted by Crippen LogP contribution is 2.21. The molecule has 2 unspecified atom stereocenters. The first-order chi connectivity index (χ1) is 9.80. The third kappa shape index (κ3) is 7.83. The fourth-order valence-electron chi connectivity index (χ4n) is 2.39. The molecule has 1 aromatic rings. The van der Waals surface area contributed by atoms with Crippen LogP contribution in [0.2, 0.25) is 0 Å². The average molecular weight is 292 g/mol. The molecular formula is C17H28N2O2. The molecule has 4 heteroatoms. The number of rotatable bonds is 7. The van der Waals surface area contributed by atoms with Gasteiger partial charge in [-0.2, -0.15) is 0 Å². The van der Waals surface area contributed by atoms with E-state index in [1.54, 1.807) is 0 Å². The Morgan fingerprint density at radius 3 is 2.38 bits per heavy atom. The average Bonchev–Trinajstić information content (AvgIpc) is 2.37. The van der Waals surface area contributed by atoms with Crippen LogP contribution in [-0.4, -0.2) is 29.7 Å². The summed E-state index contributed by atoms with van der Waals surface area (Å²) >= 11 is 0. The number of hydrogen-bond acceptors (Lipinski definition) is 3. The van der Waals surface area contributed by atoms with Gasteiger partial charge in [0.05, 0.1) is 6.61 Å². The molecule has 0 aliphatic heterocycles. The van der Waals surface area contributed by atoms with Crippen LogP contribution < -0.4 is 10.6 Å². The van der Waals surface area contributed by atoms with Gasteiger partial charge in [-0.15, -0.1) is 0 Å². The van der Waals surface area contributed by atoms with Crippen molar-refractivity contribution in [2.24, 2.45) is 5.41 Å². The lowest BCUT2D eigenvalue weighted by molar-refractivity contribution is -0.116. The Bertz CT molecular complexity index is 426. The highest BCUT2D eigenvalue weighted by molar-refractivity contribution is 5.90. The summed E-state index contributed by atoms with van der Waals surface area (Å²) in [5, 5.41) is 15.6. The molecule has 1 aromatic carbocycles. The van der Waals surface area contributed by atoms with E-state index in [9.17, 15) is 9.90 Å². The number of nitrogens with one attached hydrogen (secondary N) is 2. The molecule has 0 saturated heterocycles. The number of carbonyl (C=O) groups is 1. The Balaban J connectivity index is 2.41. The summed E-state index contributed by atoms with van der Waals surface area (Å²) in [6, 6.07) is 9.47. The normalized spacial score (nSPS) is 14.5. The molecule has 0 fully saturated rings. The summed E-state index contributed by atoms with van der Waals surface area (Å²) in [5.41, 5.74) is 0.954. The van der Waals surface area contributed by atoms with E-state index < -0.39 is 0 Å². The Kier molecular flexibility index (Phi) is 6.85. The van der Waals surface area contributed by atoms with Gasteiger partial charge in [-0.1, -0.05) is 39.0 Å². The first kappa shape index (κ1) is 17.7. The zero-order valence-electron chi connectivity index (χ0n) is 13.5. The van der Waals surface area contributed by atoms with Crippen LogP contribution >= 0.6 is 0 Å². The summed E-state index contributed by atoms with van der Waals surface area (Å²) in [4.78, 5) is 12.0. The quantitative estimate of drug-likeness (QED) is 0.724. The maximum atomic E-state index is 12.0. The highest BCUT2D eigenvalue weighted by atomic mass is 16.3. The largest absolute Gasteiger partial charge is 0.395 e. The molecule has 0 bridgehead atoms. The summed E-state index contributed by atoms with van der Waals surface area (Å²) in [6.07, 6.45) is 1.25. The second-order valence-electron chi connectivity index (χ2n) is 6.83. The molecule has 21 heavy (non-hydrogen) atoms. The van der Waals surface area contributed by atoms with Crippen LogP contribution in [0.3, 0.4) is 0 Å². The van der Waals surface area contributed by atoms with Gasteiger partial charge in [-0.05, 0) is 30.9 Å². The number of anilines is 1. The Hall–Kier alpha value is -1.39. The molecular weight excluding hydrogens is 264 g/mol. The van der Waals surface area contributed by atoms with Crippen LogP contribution in [0.15, 0.2) is 30.3 Å². The fraction of sp³-hybridized carbons (Fsp3) is 0.588. The van der Waals surface area contributed by atoms with Crippen molar-refractivity contribution in [3.8, 4) is 0 Å². The van der Waals surface area contributed by atoms with Gasteiger partial charge in [0.15, 0.2) is 0 Å². The predicted molar refractivity (Wildman–Crippen MR) is 87.2 cm³/mol. The Morgan fingerprint density at radius 2 is 1.86 bits per heavy atom. The zero-order valence-corrected chi connectivity index (χ0v) is 13.5. The van der Waals surface area contributed by atoms with Gasteiger partial charge in [0.1, 0.15) is 0 Å². The maximum absolute atomic E-state index is 12.0. The molecule has 0 heterocycles. The molecule has 0 aliphatic carbocycles. The SMILES string of the molecule is CC(CC(=O)Nc1ccccc1)NC(CO)CC(C)(C)C. The van der Waals surface area contributed by atoms with E-state index in [1.165, 1.54) is 0 Å². The van der Waals surface area contributed by atoms with Gasteiger partial charge < -0.3 is 15.7 Å². The lowest BCUT2D eigenvalue weighted by atomic mass is 9.88. The van der Waals surface area contributed by atoms with Crippen molar-refractivity contribution in [2.75, 3.05) is 11.9 Å². The smallest absolute Gasteiger partial charge is 0.225 e. The first-order valence-electron chi connectivity index (χ1n) is 7.52. The van der Waals surface area contributed by atoms with Crippen LogP contribution in [0.1, 0.15) is 40.5 Å². The van der Waals surface area contributed by atoms with Crippen molar-refractivity contribution in [3.63, 3.8) is 0 Å². The maximum Gasteiger partial charge on any atom is 0.225 e. The summed E-state index contributed by atoms with van der Waals surface area (Å²) in [7, 11) is 0. The van der Waals surface area contributed by atoms with Crippen LogP contribution in [0.4, 0.5) is 5.69 Å². The topological polar surface area (TPSA) is 61.4 Å². The minimum Gasteiger partial charge on any atom is -0.395 e. The van der Waals surface area contributed by atoms with E-state index in [2.05, 4.69) is 31.4 Å². The van der Waals surface area contributed by atoms with E-state index >= 15 is 0 Å². The molecule has 118 valence electrons. The van der Waals surface area contributed by atoms with Gasteiger partial charge in [-0.3, -0.25) is 4.79 Å². The molecule has 3 N–H and O–H groups in total. The Labute approximate surface area is 128 Å². The van der Waals surface area contributed by atoms with Gasteiger partial charge in [-0.25, -0.2) is 0 Å². The summed E-state index contributed by atoms with van der Waals surface area (Å²) < 4.78 is 0. The number of carbonyl (C=O) groups excluding carboxylic acids is 1. The third-order valence-corrected chi connectivity index (χ3v) is 3.15. The van der Waals surface area contributed by atoms with Gasteiger partial charge >= 0.3 is 0 Å². The number of aliphatic hydroxyl groups is 1. The van der Waals surface area contributed by atoms with Crippen LogP contribution in [0.25, 0.3) is 0 Å². The summed E-state index contributed by atoms with van der Waals surface area (Å²) in [6.45, 7) is 8.48. The minimum absolute atomic E-state index is 0.0181. The van der Waals surface area contributed by atoms with Crippen molar-refractivity contribution >= 4 is 11.6 Å². The van der Waals surface area contributed by atoms with Crippen molar-refractivity contribution in [2.45, 2.75) is 52.6 Å². The predicted octanol–water partition coefficient (Wildman–Crippen LogP) is 2.79. The monoisotopic (exact) mass is 292 g/mol. The molecule has 2 atom stereocenters. The molecule has 0 aromatic heterocycles. The molecule has 0 aliphatic rings. The van der Waals surface area contributed by atoms with Crippen molar-refractivity contribution < 1.29 is 9.90 Å². The second-order valence-corrected chi connectivity index (χ2v) is 6.83. The van der Waals surface area contributed by atoms with Gasteiger partial charge in [0, 0.05) is 24.2 Å². The molecule has 1 rings (SSSR count). The van der Waals surface area contributed by atoms with Crippen molar-refractivity contribution in [3.05, 3.63) is 30.3 Å². The molecule has 0 spiro atoms. The lowest BCUT2D eigenvalue weighted by Crippen LogP contribution is -2.42. The minimum atomic E-state index is -0.0198. The molecule has 4 nitrogen and oxygen atoms in total. The number of aliphatic hydroxyl groups excluding tert-OH is 1. The Morgan fingerprint density at radius 1 is 1.24 bits per heavy atom. The number of amides is 1. The van der Waals surface area contributed by atoms with E-state index in [0.717, 1.165) is 12.1 Å². The van der Waals surface area contributed by atoms with E-state index in [4.69, 9.17) is 0 Å². The zero-order chi connectivity index (χ0) is 15.9. The first-order valence-corrected chi connectivity index (χ1v) is 7.52. The van der Waals surface area contributed by atoms with Gasteiger partial charge in [0.25, 0.3) is 0 Å². The molecule has 0 radical (unpaired) electrons. The number of hydrogen-bond donors (Lipinski definition) is 3. The van der Waals surface area contributed by atoms with E-state index in [0.29, 0.717) is 6.42 Å². The van der Waals surface area contributed by atoms with Crippen LogP contribution in [0.5, 0.6) is 0 Å². The number of para-hydroxylation sites is 1. The third-order valence-electron chi connectivity index (χ3n) is 3.15. The fourth-order valence-corrected chi connectivity index (χ4v) is 2.39. The van der Waals surface area contributed by atoms with E-state index in [-0.39, 0.29) is 30.0 Å². The standard InChI is InChI=1S/C17H28N2O2/c1-13(18-15(12-20)11-17(2,3)4)10-16(21)19-14-8-6-5-7-9-14/h5-9,13,15,18,20H,10-12H2,1-4H3,(H,19,21). The van der Waals surface area contributed by atoms with Gasteiger partial charge in [0.2, 0.25) is 5.91 Å². The van der Waals surface area contributed by atoms with Crippen molar-refractivity contribution in [1.82, 2.24) is 5.32 Å². The molecule has 1 amide bonds.